The second-order valence-electron chi connectivity index (χ2n) is 7.49. The minimum absolute atomic E-state index is 0.00795. The molecule has 11 heteroatoms. The first-order valence-electron chi connectivity index (χ1n) is 9.61. The van der Waals surface area contributed by atoms with Gasteiger partial charge in [-0.15, -0.1) is 5.10 Å². The number of benzene rings is 1. The molecule has 1 amide bonds. The fraction of sp³-hybridized carbons (Fsp3) is 0.400. The van der Waals surface area contributed by atoms with Crippen LogP contribution in [-0.4, -0.2) is 38.7 Å². The molecule has 0 saturated carbocycles. The second kappa shape index (κ2) is 7.44. The van der Waals surface area contributed by atoms with Gasteiger partial charge >= 0.3 is 6.18 Å². The second-order valence-corrected chi connectivity index (χ2v) is 7.86. The van der Waals surface area contributed by atoms with E-state index in [-0.39, 0.29) is 23.9 Å². The molecular formula is C20H18ClF4N5O. The van der Waals surface area contributed by atoms with Gasteiger partial charge in [-0.1, -0.05) is 23.7 Å². The normalized spacial score (nSPS) is 22.0. The lowest BCUT2D eigenvalue weighted by molar-refractivity contribution is -0.141. The number of likely N-dealkylation sites (tertiary alicyclic amines) is 1. The number of aromatic nitrogens is 2. The largest absolute Gasteiger partial charge is 0.436 e. The van der Waals surface area contributed by atoms with E-state index in [4.69, 9.17) is 11.6 Å². The molecule has 6 nitrogen and oxygen atoms in total. The minimum Gasteiger partial charge on any atom is -0.321 e. The smallest absolute Gasteiger partial charge is 0.321 e. The van der Waals surface area contributed by atoms with Gasteiger partial charge in [0.2, 0.25) is 5.91 Å². The highest BCUT2D eigenvalue weighted by molar-refractivity contribution is 6.32. The zero-order valence-corrected chi connectivity index (χ0v) is 17.4. The van der Waals surface area contributed by atoms with Gasteiger partial charge in [0.05, 0.1) is 16.4 Å². The van der Waals surface area contributed by atoms with Crippen molar-refractivity contribution < 1.29 is 22.4 Å². The summed E-state index contributed by atoms with van der Waals surface area (Å²) in [6.45, 7) is 3.35. The molecule has 4 rings (SSSR count). The van der Waals surface area contributed by atoms with Crippen molar-refractivity contribution in [2.45, 2.75) is 44.8 Å². The summed E-state index contributed by atoms with van der Waals surface area (Å²) in [6, 6.07) is 5.39. The number of carbonyl (C=O) groups is 1. The van der Waals surface area contributed by atoms with E-state index in [9.17, 15) is 22.4 Å². The maximum atomic E-state index is 13.7. The van der Waals surface area contributed by atoms with Crippen LogP contribution in [0.2, 0.25) is 5.02 Å². The van der Waals surface area contributed by atoms with E-state index in [0.717, 1.165) is 4.68 Å². The van der Waals surface area contributed by atoms with Crippen LogP contribution in [0.5, 0.6) is 0 Å². The van der Waals surface area contributed by atoms with Gasteiger partial charge in [0.15, 0.2) is 17.1 Å². The fourth-order valence-corrected chi connectivity index (χ4v) is 4.38. The first-order chi connectivity index (χ1) is 14.6. The maximum Gasteiger partial charge on any atom is 0.436 e. The van der Waals surface area contributed by atoms with Gasteiger partial charge in [-0.25, -0.2) is 9.07 Å². The molecule has 1 unspecified atom stereocenters. The number of rotatable bonds is 2. The molecule has 0 bridgehead atoms. The number of hydrogen-bond donors (Lipinski definition) is 0. The molecule has 2 aromatic rings. The van der Waals surface area contributed by atoms with E-state index in [1.807, 2.05) is 0 Å². The molecule has 1 aromatic carbocycles. The molecule has 0 radical (unpaired) electrons. The van der Waals surface area contributed by atoms with E-state index < -0.39 is 28.2 Å². The zero-order valence-electron chi connectivity index (χ0n) is 16.7. The van der Waals surface area contributed by atoms with Crippen molar-refractivity contribution in [3.05, 3.63) is 52.1 Å². The average Bonchev–Trinajstić information content (AvgIpc) is 3.20. The zero-order chi connectivity index (χ0) is 22.6. The lowest BCUT2D eigenvalue weighted by Gasteiger charge is -2.44. The van der Waals surface area contributed by atoms with Crippen LogP contribution >= 0.6 is 11.6 Å². The quantitative estimate of drug-likeness (QED) is 0.624. The van der Waals surface area contributed by atoms with Crippen LogP contribution in [-0.2, 0) is 16.5 Å². The number of nitrogens with zero attached hydrogens (tertiary/aromatic N) is 5. The lowest BCUT2D eigenvalue weighted by atomic mass is 9.81. The third-order valence-corrected chi connectivity index (χ3v) is 6.10. The van der Waals surface area contributed by atoms with Gasteiger partial charge < -0.3 is 4.90 Å². The van der Waals surface area contributed by atoms with Crippen LogP contribution in [0.3, 0.4) is 0 Å². The van der Waals surface area contributed by atoms with Gasteiger partial charge in [0.25, 0.3) is 0 Å². The van der Waals surface area contributed by atoms with Crippen LogP contribution in [0.15, 0.2) is 34.5 Å². The Bertz CT molecular complexity index is 1110. The van der Waals surface area contributed by atoms with E-state index in [1.165, 1.54) is 36.1 Å². The summed E-state index contributed by atoms with van der Waals surface area (Å²) < 4.78 is 55.0. The molecule has 0 spiro atoms. The summed E-state index contributed by atoms with van der Waals surface area (Å²) in [5, 5.41) is 11.4. The minimum atomic E-state index is -4.78. The van der Waals surface area contributed by atoms with Gasteiger partial charge in [0, 0.05) is 13.0 Å². The molecule has 0 N–H and O–H groups in total. The van der Waals surface area contributed by atoms with Crippen molar-refractivity contribution >= 4 is 29.1 Å². The molecule has 1 aromatic heterocycles. The van der Waals surface area contributed by atoms with E-state index in [0.29, 0.717) is 30.7 Å². The summed E-state index contributed by atoms with van der Waals surface area (Å²) in [4.78, 5) is 14.5. The van der Waals surface area contributed by atoms with Gasteiger partial charge in [-0.3, -0.25) is 4.79 Å². The number of alkyl halides is 3. The number of carbonyl (C=O) groups excluding carboxylic acids is 1. The summed E-state index contributed by atoms with van der Waals surface area (Å²) >= 11 is 5.96. The Labute approximate surface area is 180 Å². The Balaban J connectivity index is 1.98. The Hall–Kier alpha value is -2.75. The van der Waals surface area contributed by atoms with E-state index in [1.54, 1.807) is 6.92 Å². The number of amides is 1. The van der Waals surface area contributed by atoms with Crippen molar-refractivity contribution in [1.82, 2.24) is 14.7 Å². The predicted molar refractivity (Wildman–Crippen MR) is 107 cm³/mol. The number of hydrogen-bond acceptors (Lipinski definition) is 4. The first-order valence-corrected chi connectivity index (χ1v) is 9.98. The molecule has 1 atom stereocenters. The van der Waals surface area contributed by atoms with E-state index >= 15 is 0 Å². The molecule has 2 aliphatic rings. The Morgan fingerprint density at radius 2 is 1.77 bits per heavy atom. The van der Waals surface area contributed by atoms with Gasteiger partial charge in [0.1, 0.15) is 5.82 Å². The standard InChI is InChI=1S/C20H18ClF4N5O/c1-11-16(21)17(20(23,24)25)28-30(11)18-19(12(2)26-27-18,13-6-8-14(22)9-7-13)29-10-4-3-5-15(29)31/h6-9H,3-5,10H2,1-2H3. The highest BCUT2D eigenvalue weighted by Crippen LogP contribution is 2.41. The first kappa shape index (κ1) is 21.5. The van der Waals surface area contributed by atoms with Crippen LogP contribution in [0.1, 0.15) is 43.1 Å². The number of halogens is 5. The van der Waals surface area contributed by atoms with Gasteiger partial charge in [-0.2, -0.15) is 23.4 Å². The molecule has 0 aliphatic carbocycles. The van der Waals surface area contributed by atoms with Crippen molar-refractivity contribution in [3.63, 3.8) is 0 Å². The summed E-state index contributed by atoms with van der Waals surface area (Å²) in [7, 11) is 0. The molecule has 1 fully saturated rings. The molecule has 1 saturated heterocycles. The monoisotopic (exact) mass is 455 g/mol. The third kappa shape index (κ3) is 3.24. The van der Waals surface area contributed by atoms with Crippen LogP contribution in [0, 0.1) is 12.7 Å². The molecule has 3 heterocycles. The van der Waals surface area contributed by atoms with Crippen LogP contribution in [0.4, 0.5) is 17.6 Å². The lowest BCUT2D eigenvalue weighted by Crippen LogP contribution is -2.60. The van der Waals surface area contributed by atoms with E-state index in [2.05, 4.69) is 15.3 Å². The summed E-state index contributed by atoms with van der Waals surface area (Å²) in [5.74, 6) is -0.707. The van der Waals surface area contributed by atoms with Crippen molar-refractivity contribution in [1.29, 1.82) is 0 Å². The average molecular weight is 456 g/mol. The SMILES string of the molecule is CC1=NN=C(n2nc(C(F)(F)F)c(Cl)c2C)C1(c1ccc(F)cc1)N1CCCCC1=O. The highest BCUT2D eigenvalue weighted by atomic mass is 35.5. The topological polar surface area (TPSA) is 62.9 Å². The summed E-state index contributed by atoms with van der Waals surface area (Å²) in [6.07, 6.45) is -3.11. The Kier molecular flexibility index (Phi) is 5.15. The van der Waals surface area contributed by atoms with Crippen molar-refractivity contribution in [2.24, 2.45) is 10.2 Å². The highest BCUT2D eigenvalue weighted by Gasteiger charge is 2.54. The van der Waals surface area contributed by atoms with Crippen LogP contribution < -0.4 is 0 Å². The van der Waals surface area contributed by atoms with Crippen LogP contribution in [0.25, 0.3) is 0 Å². The van der Waals surface area contributed by atoms with Gasteiger partial charge in [-0.05, 0) is 44.4 Å². The predicted octanol–water partition coefficient (Wildman–Crippen LogP) is 4.55. The molecule has 2 aliphatic heterocycles. The fourth-order valence-electron chi connectivity index (χ4n) is 4.16. The summed E-state index contributed by atoms with van der Waals surface area (Å²) in [5.41, 5.74) is -1.87. The van der Waals surface area contributed by atoms with Crippen molar-refractivity contribution in [2.75, 3.05) is 6.54 Å². The molecule has 164 valence electrons. The Morgan fingerprint density at radius 1 is 1.10 bits per heavy atom. The van der Waals surface area contributed by atoms with Crippen molar-refractivity contribution in [3.8, 4) is 0 Å². The maximum absolute atomic E-state index is 13.7. The molecular weight excluding hydrogens is 438 g/mol. The molecule has 31 heavy (non-hydrogen) atoms. The third-order valence-electron chi connectivity index (χ3n) is 5.64. The Morgan fingerprint density at radius 3 is 2.35 bits per heavy atom. The number of piperidine rings is 1.